The lowest BCUT2D eigenvalue weighted by Crippen LogP contribution is -2.48. The number of rotatable bonds is 7. The smallest absolute Gasteiger partial charge is 0.119 e. The largest absolute Gasteiger partial charge is 0.497 e. The fraction of sp³-hybridized carbons (Fsp3) is 0.586. The van der Waals surface area contributed by atoms with Gasteiger partial charge < -0.3 is 19.5 Å². The van der Waals surface area contributed by atoms with Crippen molar-refractivity contribution in [2.75, 3.05) is 34.4 Å². The number of likely N-dealkylation sites (N-methyl/N-ethyl adjacent to an activating group) is 1. The van der Waals surface area contributed by atoms with Gasteiger partial charge >= 0.3 is 0 Å². The standard InChI is InChI=1S/C29H39NO3S/c1-29-14-13-24-23-10-7-21(32-4)17-19(23)18-26(28(24)25(29)11-12-27(29)31)34-22-8-5-20(6-9-22)33-16-15-30(2)3/h5-10,17,24-28,31H,11-16,18H2,1-4H3/t24?,25?,26?,27?,28?,29-/m0/s1. The van der Waals surface area contributed by atoms with Crippen LogP contribution in [0.1, 0.15) is 49.7 Å². The average Bonchev–Trinajstić information content (AvgIpc) is 3.13. The van der Waals surface area contributed by atoms with Gasteiger partial charge in [-0.1, -0.05) is 13.0 Å². The van der Waals surface area contributed by atoms with Crippen molar-refractivity contribution in [3.05, 3.63) is 53.6 Å². The number of methoxy groups -OCH3 is 1. The number of benzene rings is 2. The second-order valence-corrected chi connectivity index (χ2v) is 12.3. The zero-order chi connectivity index (χ0) is 23.9. The van der Waals surface area contributed by atoms with Crippen LogP contribution in [0, 0.1) is 17.3 Å². The average molecular weight is 482 g/mol. The Morgan fingerprint density at radius 2 is 1.82 bits per heavy atom. The third-order valence-corrected chi connectivity index (χ3v) is 10.1. The van der Waals surface area contributed by atoms with Crippen molar-refractivity contribution < 1.29 is 14.6 Å². The lowest BCUT2D eigenvalue weighted by atomic mass is 9.55. The zero-order valence-electron chi connectivity index (χ0n) is 21.0. The third kappa shape index (κ3) is 4.47. The Labute approximate surface area is 209 Å². The molecule has 34 heavy (non-hydrogen) atoms. The van der Waals surface area contributed by atoms with Crippen LogP contribution >= 0.6 is 11.8 Å². The van der Waals surface area contributed by atoms with Crippen molar-refractivity contribution in [2.45, 2.75) is 61.2 Å². The molecule has 2 aromatic rings. The molecule has 2 aromatic carbocycles. The van der Waals surface area contributed by atoms with Gasteiger partial charge in [0.25, 0.3) is 0 Å². The number of thioether (sulfide) groups is 1. The third-order valence-electron chi connectivity index (χ3n) is 8.80. The van der Waals surface area contributed by atoms with E-state index in [9.17, 15) is 5.11 Å². The van der Waals surface area contributed by atoms with E-state index in [0.717, 1.165) is 43.7 Å². The SMILES string of the molecule is COc1ccc2c(c1)CC(Sc1ccc(OCCN(C)C)cc1)C1C2CC[C@]2(C)C(O)CCC12. The normalized spacial score (nSPS) is 32.1. The summed E-state index contributed by atoms with van der Waals surface area (Å²) in [6, 6.07) is 15.4. The first-order valence-corrected chi connectivity index (χ1v) is 13.7. The molecular weight excluding hydrogens is 442 g/mol. The number of aliphatic hydroxyl groups is 1. The van der Waals surface area contributed by atoms with Gasteiger partial charge in [0.1, 0.15) is 18.1 Å². The molecule has 2 fully saturated rings. The van der Waals surface area contributed by atoms with Gasteiger partial charge in [-0.15, -0.1) is 11.8 Å². The van der Waals surface area contributed by atoms with Crippen LogP contribution < -0.4 is 9.47 Å². The molecule has 0 heterocycles. The van der Waals surface area contributed by atoms with E-state index in [1.807, 2.05) is 11.8 Å². The minimum absolute atomic E-state index is 0.0636. The second-order valence-electron chi connectivity index (χ2n) is 11.0. The molecule has 5 heteroatoms. The van der Waals surface area contributed by atoms with Crippen molar-refractivity contribution in [1.82, 2.24) is 4.90 Å². The van der Waals surface area contributed by atoms with Crippen molar-refractivity contribution in [2.24, 2.45) is 17.3 Å². The number of hydrogen-bond donors (Lipinski definition) is 1. The Bertz CT molecular complexity index is 993. The van der Waals surface area contributed by atoms with Gasteiger partial charge in [-0.3, -0.25) is 0 Å². The molecule has 6 atom stereocenters. The molecule has 0 radical (unpaired) electrons. The van der Waals surface area contributed by atoms with E-state index in [4.69, 9.17) is 9.47 Å². The molecule has 4 nitrogen and oxygen atoms in total. The Balaban J connectivity index is 1.40. The minimum Gasteiger partial charge on any atom is -0.497 e. The highest BCUT2D eigenvalue weighted by atomic mass is 32.2. The van der Waals surface area contributed by atoms with E-state index >= 15 is 0 Å². The summed E-state index contributed by atoms with van der Waals surface area (Å²) in [7, 11) is 5.88. The number of ether oxygens (including phenoxy) is 2. The van der Waals surface area contributed by atoms with Gasteiger partial charge in [0.05, 0.1) is 13.2 Å². The predicted molar refractivity (Wildman–Crippen MR) is 139 cm³/mol. The lowest BCUT2D eigenvalue weighted by molar-refractivity contribution is -0.0209. The molecule has 1 N–H and O–H groups in total. The molecule has 0 aliphatic heterocycles. The quantitative estimate of drug-likeness (QED) is 0.556. The summed E-state index contributed by atoms with van der Waals surface area (Å²) in [5, 5.41) is 11.4. The van der Waals surface area contributed by atoms with E-state index in [2.05, 4.69) is 68.4 Å². The molecular formula is C29H39NO3S. The van der Waals surface area contributed by atoms with E-state index in [-0.39, 0.29) is 11.5 Å². The van der Waals surface area contributed by atoms with E-state index < -0.39 is 0 Å². The van der Waals surface area contributed by atoms with Crippen molar-refractivity contribution in [3.63, 3.8) is 0 Å². The first-order valence-electron chi connectivity index (χ1n) is 12.8. The van der Waals surface area contributed by atoms with Crippen LogP contribution in [-0.2, 0) is 6.42 Å². The summed E-state index contributed by atoms with van der Waals surface area (Å²) in [5.74, 6) is 3.65. The Morgan fingerprint density at radius 3 is 2.56 bits per heavy atom. The summed E-state index contributed by atoms with van der Waals surface area (Å²) < 4.78 is 11.5. The summed E-state index contributed by atoms with van der Waals surface area (Å²) in [6.07, 6.45) is 5.31. The summed E-state index contributed by atoms with van der Waals surface area (Å²) >= 11 is 2.03. The highest BCUT2D eigenvalue weighted by Crippen LogP contribution is 2.62. The Kier molecular flexibility index (Phi) is 6.89. The van der Waals surface area contributed by atoms with Crippen LogP contribution in [-0.4, -0.2) is 55.7 Å². The molecule has 0 aromatic heterocycles. The van der Waals surface area contributed by atoms with Crippen LogP contribution in [0.25, 0.3) is 0 Å². The Hall–Kier alpha value is -1.69. The van der Waals surface area contributed by atoms with Crippen LogP contribution in [0.15, 0.2) is 47.4 Å². The Morgan fingerprint density at radius 1 is 1.06 bits per heavy atom. The van der Waals surface area contributed by atoms with Crippen molar-refractivity contribution in [3.8, 4) is 11.5 Å². The zero-order valence-corrected chi connectivity index (χ0v) is 21.8. The first kappa shape index (κ1) is 24.0. The van der Waals surface area contributed by atoms with Gasteiger partial charge in [0, 0.05) is 16.7 Å². The second kappa shape index (κ2) is 9.75. The number of nitrogens with zero attached hydrogens (tertiary/aromatic N) is 1. The van der Waals surface area contributed by atoms with E-state index in [0.29, 0.717) is 29.6 Å². The minimum atomic E-state index is -0.153. The van der Waals surface area contributed by atoms with Gasteiger partial charge in [0.15, 0.2) is 0 Å². The van der Waals surface area contributed by atoms with Crippen LogP contribution in [0.5, 0.6) is 11.5 Å². The molecule has 5 rings (SSSR count). The summed E-state index contributed by atoms with van der Waals surface area (Å²) in [5.41, 5.74) is 3.04. The molecule has 2 saturated carbocycles. The molecule has 3 aliphatic rings. The maximum absolute atomic E-state index is 10.9. The van der Waals surface area contributed by atoms with E-state index in [1.54, 1.807) is 7.11 Å². The molecule has 0 spiro atoms. The van der Waals surface area contributed by atoms with Crippen molar-refractivity contribution >= 4 is 11.8 Å². The predicted octanol–water partition coefficient (Wildman–Crippen LogP) is 5.62. The maximum atomic E-state index is 10.9. The molecule has 5 unspecified atom stereocenters. The van der Waals surface area contributed by atoms with Gasteiger partial charge in [-0.05, 0) is 117 Å². The van der Waals surface area contributed by atoms with E-state index in [1.165, 1.54) is 22.4 Å². The van der Waals surface area contributed by atoms with Crippen LogP contribution in [0.2, 0.25) is 0 Å². The highest BCUT2D eigenvalue weighted by Gasteiger charge is 2.56. The number of hydrogen-bond acceptors (Lipinski definition) is 5. The maximum Gasteiger partial charge on any atom is 0.119 e. The van der Waals surface area contributed by atoms with Crippen LogP contribution in [0.3, 0.4) is 0 Å². The van der Waals surface area contributed by atoms with Gasteiger partial charge in [-0.25, -0.2) is 0 Å². The summed E-state index contributed by atoms with van der Waals surface area (Å²) in [4.78, 5) is 3.44. The fourth-order valence-corrected chi connectivity index (χ4v) is 8.35. The molecule has 184 valence electrons. The lowest BCUT2D eigenvalue weighted by Gasteiger charge is -2.52. The summed E-state index contributed by atoms with van der Waals surface area (Å²) in [6.45, 7) is 3.97. The molecule has 0 saturated heterocycles. The monoisotopic (exact) mass is 481 g/mol. The topological polar surface area (TPSA) is 41.9 Å². The molecule has 0 amide bonds. The fourth-order valence-electron chi connectivity index (χ4n) is 6.90. The first-order chi connectivity index (χ1) is 16.4. The highest BCUT2D eigenvalue weighted by molar-refractivity contribution is 8.00. The molecule has 3 aliphatic carbocycles. The van der Waals surface area contributed by atoms with Crippen LogP contribution in [0.4, 0.5) is 0 Å². The van der Waals surface area contributed by atoms with Crippen molar-refractivity contribution in [1.29, 1.82) is 0 Å². The number of aliphatic hydroxyl groups excluding tert-OH is 1. The number of fused-ring (bicyclic) bond motifs is 5. The van der Waals surface area contributed by atoms with Gasteiger partial charge in [0.2, 0.25) is 0 Å². The molecule has 0 bridgehead atoms. The van der Waals surface area contributed by atoms with Gasteiger partial charge in [-0.2, -0.15) is 0 Å².